The minimum absolute atomic E-state index is 0. The van der Waals surface area contributed by atoms with Crippen LogP contribution < -0.4 is 0 Å². The van der Waals surface area contributed by atoms with Crippen LogP contribution in [0, 0.1) is 29.6 Å². The molecule has 0 amide bonds. The van der Waals surface area contributed by atoms with E-state index in [-0.39, 0.29) is 33.2 Å². The van der Waals surface area contributed by atoms with Crippen LogP contribution in [0.25, 0.3) is 0 Å². The van der Waals surface area contributed by atoms with Gasteiger partial charge in [-0.05, 0) is 42.6 Å². The van der Waals surface area contributed by atoms with Crippen LogP contribution in [0.1, 0.15) is 83.1 Å². The maximum Gasteiger partial charge on any atom is 0.161 e. The summed E-state index contributed by atoms with van der Waals surface area (Å²) >= 11 is 0. The second-order valence-corrected chi connectivity index (χ2v) is 7.25. The van der Waals surface area contributed by atoms with Gasteiger partial charge in [-0.1, -0.05) is 75.8 Å². The highest BCUT2D eigenvalue weighted by molar-refractivity contribution is 5.81. The highest BCUT2D eigenvalue weighted by atomic mass is 16.3. The molecule has 25 heavy (non-hydrogen) atoms. The van der Waals surface area contributed by atoms with Crippen molar-refractivity contribution in [2.45, 2.75) is 83.1 Å². The number of aliphatic hydroxyl groups is 1. The Hall–Kier alpha value is -0.960. The van der Waals surface area contributed by atoms with Crippen LogP contribution in [0.2, 0.25) is 0 Å². The van der Waals surface area contributed by atoms with Crippen LogP contribution in [0.4, 0.5) is 0 Å². The van der Waals surface area contributed by atoms with Gasteiger partial charge in [0.15, 0.2) is 5.78 Å². The van der Waals surface area contributed by atoms with Crippen molar-refractivity contribution in [3.8, 4) is 0 Å². The molecule has 0 aromatic rings. The minimum Gasteiger partial charge on any atom is -0.389 e. The van der Waals surface area contributed by atoms with Crippen LogP contribution in [-0.2, 0) is 9.59 Å². The quantitative estimate of drug-likeness (QED) is 0.409. The molecule has 0 radical (unpaired) electrons. The summed E-state index contributed by atoms with van der Waals surface area (Å²) in [7, 11) is 0. The highest BCUT2D eigenvalue weighted by Crippen LogP contribution is 2.27. The van der Waals surface area contributed by atoms with E-state index in [1.807, 2.05) is 27.7 Å². The molecule has 0 aromatic heterocycles. The molecule has 0 rings (SSSR count). The first kappa shape index (κ1) is 31.8. The normalized spacial score (nSPS) is 14.4. The van der Waals surface area contributed by atoms with Crippen LogP contribution in [0.15, 0.2) is 11.6 Å². The molecule has 0 heterocycles. The Kier molecular flexibility index (Phi) is 22.7. The fraction of sp³-hybridized carbons (Fsp3) is 0.818. The third-order valence-corrected chi connectivity index (χ3v) is 4.79. The zero-order valence-corrected chi connectivity index (χ0v) is 16.4. The van der Waals surface area contributed by atoms with Gasteiger partial charge < -0.3 is 5.11 Å². The Morgan fingerprint density at radius 3 is 1.72 bits per heavy atom. The van der Waals surface area contributed by atoms with Crippen molar-refractivity contribution in [2.24, 2.45) is 29.6 Å². The fourth-order valence-corrected chi connectivity index (χ4v) is 2.35. The van der Waals surface area contributed by atoms with Crippen molar-refractivity contribution in [3.63, 3.8) is 0 Å². The number of aliphatic hydroxyl groups excluding tert-OH is 1. The Balaban J connectivity index is -0.000000177. The van der Waals surface area contributed by atoms with Crippen molar-refractivity contribution in [1.82, 2.24) is 0 Å². The third kappa shape index (κ3) is 15.0. The Morgan fingerprint density at radius 2 is 1.48 bits per heavy atom. The maximum absolute atomic E-state index is 10.7. The lowest BCUT2D eigenvalue weighted by molar-refractivity contribution is -0.126. The topological polar surface area (TPSA) is 54.4 Å². The SMILES string of the molecule is C.C.CC(C)C(C)C(=O)CO.CCC(C)C(C/C=C(\C)C=O)C(C)C. The van der Waals surface area contributed by atoms with Gasteiger partial charge in [-0.15, -0.1) is 0 Å². The number of carbonyl (C=O) groups excluding carboxylic acids is 2. The van der Waals surface area contributed by atoms with Crippen LogP contribution in [0.5, 0.6) is 0 Å². The predicted molar refractivity (Wildman–Crippen MR) is 112 cm³/mol. The summed E-state index contributed by atoms with van der Waals surface area (Å²) in [6.45, 7) is 16.4. The summed E-state index contributed by atoms with van der Waals surface area (Å²) in [6.07, 6.45) is 5.27. The van der Waals surface area contributed by atoms with E-state index in [2.05, 4.69) is 33.8 Å². The van der Waals surface area contributed by atoms with Gasteiger partial charge in [0.2, 0.25) is 0 Å². The Bertz CT molecular complexity index is 356. The second kappa shape index (κ2) is 17.8. The van der Waals surface area contributed by atoms with E-state index in [4.69, 9.17) is 5.11 Å². The van der Waals surface area contributed by atoms with E-state index < -0.39 is 0 Å². The molecule has 0 spiro atoms. The number of allylic oxidation sites excluding steroid dienone is 2. The van der Waals surface area contributed by atoms with Gasteiger partial charge in [-0.3, -0.25) is 9.59 Å². The zero-order valence-electron chi connectivity index (χ0n) is 16.4. The van der Waals surface area contributed by atoms with Crippen LogP contribution in [0.3, 0.4) is 0 Å². The molecule has 3 atom stereocenters. The van der Waals surface area contributed by atoms with Gasteiger partial charge in [0.1, 0.15) is 12.9 Å². The molecule has 1 N–H and O–H groups in total. The lowest BCUT2D eigenvalue weighted by Gasteiger charge is -2.25. The van der Waals surface area contributed by atoms with Crippen molar-refractivity contribution in [3.05, 3.63) is 11.6 Å². The third-order valence-electron chi connectivity index (χ3n) is 4.79. The number of hydrogen-bond acceptors (Lipinski definition) is 3. The summed E-state index contributed by atoms with van der Waals surface area (Å²) in [5.41, 5.74) is 0.860. The van der Waals surface area contributed by atoms with E-state index in [1.54, 1.807) is 0 Å². The van der Waals surface area contributed by atoms with Gasteiger partial charge in [0, 0.05) is 5.92 Å². The van der Waals surface area contributed by atoms with Crippen molar-refractivity contribution in [1.29, 1.82) is 0 Å². The van der Waals surface area contributed by atoms with Gasteiger partial charge in [0.25, 0.3) is 0 Å². The van der Waals surface area contributed by atoms with E-state index >= 15 is 0 Å². The molecule has 0 aromatic carbocycles. The van der Waals surface area contributed by atoms with Crippen LogP contribution >= 0.6 is 0 Å². The molecule has 3 nitrogen and oxygen atoms in total. The molecule has 0 saturated heterocycles. The summed E-state index contributed by atoms with van der Waals surface area (Å²) in [5, 5.41) is 8.40. The number of Topliss-reactive ketones (excluding diaryl/α,β-unsaturated/α-hetero) is 1. The average Bonchev–Trinajstić information content (AvgIpc) is 2.52. The molecule has 0 saturated carbocycles. The van der Waals surface area contributed by atoms with Crippen molar-refractivity contribution < 1.29 is 14.7 Å². The highest BCUT2D eigenvalue weighted by Gasteiger charge is 2.18. The van der Waals surface area contributed by atoms with Gasteiger partial charge in [-0.2, -0.15) is 0 Å². The van der Waals surface area contributed by atoms with E-state index in [0.717, 1.165) is 24.2 Å². The molecule has 0 fully saturated rings. The molecule has 3 heteroatoms. The first-order valence-corrected chi connectivity index (χ1v) is 8.87. The molecule has 0 aliphatic heterocycles. The summed E-state index contributed by atoms with van der Waals surface area (Å²) in [6, 6.07) is 0. The molecule has 0 aliphatic rings. The lowest BCUT2D eigenvalue weighted by atomic mass is 9.80. The molecule has 0 aliphatic carbocycles. The predicted octanol–water partition coefficient (Wildman–Crippen LogP) is 5.95. The molecular formula is C22H46O3. The lowest BCUT2D eigenvalue weighted by Crippen LogP contribution is -2.19. The number of aldehydes is 1. The van der Waals surface area contributed by atoms with Gasteiger partial charge in [-0.25, -0.2) is 0 Å². The second-order valence-electron chi connectivity index (χ2n) is 7.25. The summed E-state index contributed by atoms with van der Waals surface area (Å²) < 4.78 is 0. The fourth-order valence-electron chi connectivity index (χ4n) is 2.35. The Labute approximate surface area is 158 Å². The van der Waals surface area contributed by atoms with Crippen molar-refractivity contribution in [2.75, 3.05) is 6.61 Å². The standard InChI is InChI=1S/C13H24O.C7H14O2.2CH4/c1-6-12(5)13(10(2)3)8-7-11(4)9-14;1-5(2)6(3)7(9)4-8;;/h7,9-10,12-13H,6,8H2,1-5H3;5-6,8H,4H2,1-3H3;2*1H4/b11-7+;;;. The summed E-state index contributed by atoms with van der Waals surface area (Å²) in [5.74, 6) is 2.41. The molecule has 3 unspecified atom stereocenters. The number of ketones is 1. The Morgan fingerprint density at radius 1 is 1.00 bits per heavy atom. The van der Waals surface area contributed by atoms with Crippen molar-refractivity contribution >= 4 is 12.1 Å². The number of carbonyl (C=O) groups is 2. The first-order valence-electron chi connectivity index (χ1n) is 8.87. The summed E-state index contributed by atoms with van der Waals surface area (Å²) in [4.78, 5) is 21.2. The van der Waals surface area contributed by atoms with Gasteiger partial charge in [0.05, 0.1) is 0 Å². The minimum atomic E-state index is -0.320. The number of hydrogen-bond donors (Lipinski definition) is 1. The molecule has 0 bridgehead atoms. The van der Waals surface area contributed by atoms with E-state index in [1.165, 1.54) is 6.42 Å². The van der Waals surface area contributed by atoms with Gasteiger partial charge >= 0.3 is 0 Å². The first-order chi connectivity index (χ1) is 10.6. The molecule has 152 valence electrons. The van der Waals surface area contributed by atoms with E-state index in [9.17, 15) is 9.59 Å². The van der Waals surface area contributed by atoms with E-state index in [0.29, 0.717) is 17.8 Å². The van der Waals surface area contributed by atoms with Crippen LogP contribution in [-0.4, -0.2) is 23.8 Å². The smallest absolute Gasteiger partial charge is 0.161 e. The molecular weight excluding hydrogens is 312 g/mol. The monoisotopic (exact) mass is 358 g/mol. The largest absolute Gasteiger partial charge is 0.389 e. The maximum atomic E-state index is 10.7. The zero-order chi connectivity index (χ0) is 18.6. The average molecular weight is 359 g/mol. The number of rotatable bonds is 9.